The van der Waals surface area contributed by atoms with E-state index < -0.39 is 0 Å². The summed E-state index contributed by atoms with van der Waals surface area (Å²) in [6.45, 7) is 5.25. The Morgan fingerprint density at radius 3 is 2.80 bits per heavy atom. The maximum Gasteiger partial charge on any atom is 0.229 e. The van der Waals surface area contributed by atoms with E-state index in [1.165, 1.54) is 0 Å². The summed E-state index contributed by atoms with van der Waals surface area (Å²) >= 11 is 0. The van der Waals surface area contributed by atoms with Crippen LogP contribution in [0.1, 0.15) is 20.3 Å². The lowest BCUT2D eigenvalue weighted by atomic mass is 10.3. The zero-order valence-electron chi connectivity index (χ0n) is 6.42. The van der Waals surface area contributed by atoms with Gasteiger partial charge in [0.2, 0.25) is 5.91 Å². The van der Waals surface area contributed by atoms with Gasteiger partial charge in [-0.2, -0.15) is 0 Å². The van der Waals surface area contributed by atoms with Crippen LogP contribution in [0.15, 0.2) is 4.99 Å². The van der Waals surface area contributed by atoms with Gasteiger partial charge in [-0.15, -0.1) is 0 Å². The predicted octanol–water partition coefficient (Wildman–Crippen LogP) is 0.657. The summed E-state index contributed by atoms with van der Waals surface area (Å²) < 4.78 is 0. The maximum atomic E-state index is 11.1. The topological polar surface area (TPSA) is 32.7 Å². The van der Waals surface area contributed by atoms with Crippen LogP contribution >= 0.6 is 0 Å². The number of amides is 1. The second-order valence-corrected chi connectivity index (χ2v) is 2.32. The van der Waals surface area contributed by atoms with Crippen molar-refractivity contribution in [3.05, 3.63) is 0 Å². The largest absolute Gasteiger partial charge is 0.301 e. The molecule has 1 heterocycles. The van der Waals surface area contributed by atoms with Crippen molar-refractivity contribution in [2.24, 2.45) is 4.99 Å². The van der Waals surface area contributed by atoms with E-state index in [1.54, 1.807) is 4.90 Å². The van der Waals surface area contributed by atoms with E-state index in [0.29, 0.717) is 13.0 Å². The molecule has 1 aliphatic heterocycles. The molecule has 0 saturated heterocycles. The number of carbonyl (C=O) groups is 1. The molecule has 1 rings (SSSR count). The Labute approximate surface area is 60.7 Å². The molecule has 0 aliphatic carbocycles. The highest BCUT2D eigenvalue weighted by molar-refractivity contribution is 5.98. The molecule has 0 atom stereocenters. The highest BCUT2D eigenvalue weighted by Gasteiger charge is 2.17. The third kappa shape index (κ3) is 1.17. The lowest BCUT2D eigenvalue weighted by Gasteiger charge is -2.23. The fraction of sp³-hybridized carbons (Fsp3) is 0.714. The van der Waals surface area contributed by atoms with Gasteiger partial charge in [0.25, 0.3) is 0 Å². The smallest absolute Gasteiger partial charge is 0.229 e. The van der Waals surface area contributed by atoms with Gasteiger partial charge < -0.3 is 4.90 Å². The van der Waals surface area contributed by atoms with Gasteiger partial charge >= 0.3 is 0 Å². The molecule has 10 heavy (non-hydrogen) atoms. The fourth-order valence-electron chi connectivity index (χ4n) is 1.12. The van der Waals surface area contributed by atoms with Crippen LogP contribution < -0.4 is 0 Å². The van der Waals surface area contributed by atoms with Crippen LogP contribution in [0.25, 0.3) is 0 Å². The highest BCUT2D eigenvalue weighted by Crippen LogP contribution is 2.03. The van der Waals surface area contributed by atoms with Crippen molar-refractivity contribution >= 4 is 11.7 Å². The number of nitrogens with zero attached hydrogens (tertiary/aromatic N) is 2. The van der Waals surface area contributed by atoms with Crippen molar-refractivity contribution < 1.29 is 4.79 Å². The SMILES string of the molecule is CCN1C(=O)CCN=C1C. The zero-order chi connectivity index (χ0) is 7.56. The van der Waals surface area contributed by atoms with E-state index in [0.717, 1.165) is 12.4 Å². The Hall–Kier alpha value is -0.860. The third-order valence-electron chi connectivity index (χ3n) is 1.67. The Morgan fingerprint density at radius 2 is 2.40 bits per heavy atom. The van der Waals surface area contributed by atoms with Crippen LogP contribution in [0.3, 0.4) is 0 Å². The molecule has 0 bridgehead atoms. The summed E-state index contributed by atoms with van der Waals surface area (Å²) in [4.78, 5) is 16.9. The number of rotatable bonds is 1. The normalized spacial score (nSPS) is 19.2. The summed E-state index contributed by atoms with van der Waals surface area (Å²) in [6, 6.07) is 0. The second kappa shape index (κ2) is 2.82. The first-order valence-electron chi connectivity index (χ1n) is 3.57. The van der Waals surface area contributed by atoms with Crippen LogP contribution in [-0.2, 0) is 4.79 Å². The molecule has 0 aromatic carbocycles. The van der Waals surface area contributed by atoms with Gasteiger partial charge in [-0.3, -0.25) is 9.79 Å². The molecular weight excluding hydrogens is 128 g/mol. The summed E-state index contributed by atoms with van der Waals surface area (Å²) in [5.41, 5.74) is 0. The molecule has 0 spiro atoms. The number of hydrogen-bond donors (Lipinski definition) is 0. The van der Waals surface area contributed by atoms with Crippen LogP contribution in [0, 0.1) is 0 Å². The van der Waals surface area contributed by atoms with Crippen molar-refractivity contribution in [1.29, 1.82) is 0 Å². The molecule has 0 unspecified atom stereocenters. The molecule has 3 nitrogen and oxygen atoms in total. The van der Waals surface area contributed by atoms with E-state index >= 15 is 0 Å². The molecule has 0 radical (unpaired) electrons. The average Bonchev–Trinajstić information content (AvgIpc) is 1.88. The predicted molar refractivity (Wildman–Crippen MR) is 40.0 cm³/mol. The first-order chi connectivity index (χ1) is 4.75. The summed E-state index contributed by atoms with van der Waals surface area (Å²) in [7, 11) is 0. The number of carbonyl (C=O) groups excluding carboxylic acids is 1. The Morgan fingerprint density at radius 1 is 1.70 bits per heavy atom. The second-order valence-electron chi connectivity index (χ2n) is 2.32. The number of amidine groups is 1. The van der Waals surface area contributed by atoms with Crippen molar-refractivity contribution in [2.45, 2.75) is 20.3 Å². The summed E-state index contributed by atoms with van der Waals surface area (Å²) in [6.07, 6.45) is 0.575. The van der Waals surface area contributed by atoms with Crippen LogP contribution in [0.4, 0.5) is 0 Å². The monoisotopic (exact) mass is 140 g/mol. The Kier molecular flexibility index (Phi) is 2.04. The van der Waals surface area contributed by atoms with Crippen molar-refractivity contribution in [2.75, 3.05) is 13.1 Å². The molecule has 0 aromatic heterocycles. The van der Waals surface area contributed by atoms with Gasteiger partial charge in [0.1, 0.15) is 5.84 Å². The molecular formula is C7H12N2O. The van der Waals surface area contributed by atoms with Gasteiger partial charge in [0.15, 0.2) is 0 Å². The van der Waals surface area contributed by atoms with Crippen LogP contribution in [-0.4, -0.2) is 29.7 Å². The molecule has 1 amide bonds. The van der Waals surface area contributed by atoms with Gasteiger partial charge in [-0.1, -0.05) is 0 Å². The van der Waals surface area contributed by atoms with Crippen molar-refractivity contribution in [1.82, 2.24) is 4.90 Å². The van der Waals surface area contributed by atoms with E-state index in [4.69, 9.17) is 0 Å². The molecule has 0 fully saturated rings. The average molecular weight is 140 g/mol. The van der Waals surface area contributed by atoms with E-state index in [2.05, 4.69) is 4.99 Å². The first-order valence-corrected chi connectivity index (χ1v) is 3.57. The maximum absolute atomic E-state index is 11.1. The van der Waals surface area contributed by atoms with Crippen LogP contribution in [0.5, 0.6) is 0 Å². The van der Waals surface area contributed by atoms with Crippen LogP contribution in [0.2, 0.25) is 0 Å². The van der Waals surface area contributed by atoms with Crippen molar-refractivity contribution in [3.8, 4) is 0 Å². The van der Waals surface area contributed by atoms with Gasteiger partial charge in [0.05, 0.1) is 0 Å². The minimum absolute atomic E-state index is 0.204. The zero-order valence-corrected chi connectivity index (χ0v) is 6.42. The minimum Gasteiger partial charge on any atom is -0.301 e. The first kappa shape index (κ1) is 7.25. The molecule has 1 aliphatic rings. The van der Waals surface area contributed by atoms with E-state index in [1.807, 2.05) is 13.8 Å². The molecule has 56 valence electrons. The van der Waals surface area contributed by atoms with Gasteiger partial charge in [-0.25, -0.2) is 0 Å². The lowest BCUT2D eigenvalue weighted by molar-refractivity contribution is -0.127. The third-order valence-corrected chi connectivity index (χ3v) is 1.67. The van der Waals surface area contributed by atoms with E-state index in [-0.39, 0.29) is 5.91 Å². The molecule has 0 saturated carbocycles. The quantitative estimate of drug-likeness (QED) is 0.526. The van der Waals surface area contributed by atoms with E-state index in [9.17, 15) is 4.79 Å². The highest BCUT2D eigenvalue weighted by atomic mass is 16.2. The van der Waals surface area contributed by atoms with Crippen molar-refractivity contribution in [3.63, 3.8) is 0 Å². The van der Waals surface area contributed by atoms with Gasteiger partial charge in [-0.05, 0) is 13.8 Å². The minimum atomic E-state index is 0.204. The molecule has 0 N–H and O–H groups in total. The Bertz CT molecular complexity index is 174. The summed E-state index contributed by atoms with van der Waals surface area (Å²) in [5, 5.41) is 0. The summed E-state index contributed by atoms with van der Waals surface area (Å²) in [5.74, 6) is 1.06. The number of hydrogen-bond acceptors (Lipinski definition) is 2. The lowest BCUT2D eigenvalue weighted by Crippen LogP contribution is -2.38. The number of aliphatic imine (C=N–C) groups is 1. The molecule has 0 aromatic rings. The Balaban J connectivity index is 2.72. The molecule has 3 heteroatoms. The van der Waals surface area contributed by atoms with Gasteiger partial charge in [0, 0.05) is 19.5 Å². The fourth-order valence-corrected chi connectivity index (χ4v) is 1.12. The standard InChI is InChI=1S/C7H12N2O/c1-3-9-6(2)8-5-4-7(9)10/h3-5H2,1-2H3.